The standard InChI is InChI=1S/C20H21FN2O2/c1-13-7-8-16(11-18(13)21)22-20(25)12-19-17-6-4-3-5-15(17)9-10-23(19)14(2)24/h3-8,11,19H,9-10,12H2,1-2H3,(H,22,25). The number of nitrogens with zero attached hydrogens (tertiary/aromatic N) is 1. The number of hydrogen-bond donors (Lipinski definition) is 1. The van der Waals surface area contributed by atoms with Crippen molar-refractivity contribution in [2.45, 2.75) is 32.7 Å². The van der Waals surface area contributed by atoms with E-state index < -0.39 is 0 Å². The molecule has 1 aliphatic rings. The Labute approximate surface area is 146 Å². The second kappa shape index (κ2) is 7.05. The van der Waals surface area contributed by atoms with Crippen LogP contribution < -0.4 is 5.32 Å². The van der Waals surface area contributed by atoms with Gasteiger partial charge in [0.25, 0.3) is 0 Å². The Kier molecular flexibility index (Phi) is 4.83. The van der Waals surface area contributed by atoms with Crippen LogP contribution in [0.1, 0.15) is 36.1 Å². The van der Waals surface area contributed by atoms with Crippen LogP contribution in [0.25, 0.3) is 0 Å². The second-order valence-electron chi connectivity index (χ2n) is 6.39. The second-order valence-corrected chi connectivity index (χ2v) is 6.39. The lowest BCUT2D eigenvalue weighted by Gasteiger charge is -2.36. The molecule has 0 fully saturated rings. The van der Waals surface area contributed by atoms with Crippen molar-refractivity contribution in [1.29, 1.82) is 0 Å². The number of anilines is 1. The Morgan fingerprint density at radius 1 is 1.24 bits per heavy atom. The van der Waals surface area contributed by atoms with Crippen molar-refractivity contribution >= 4 is 17.5 Å². The number of hydrogen-bond acceptors (Lipinski definition) is 2. The molecule has 0 spiro atoms. The van der Waals surface area contributed by atoms with E-state index in [1.165, 1.54) is 18.6 Å². The van der Waals surface area contributed by atoms with E-state index in [0.717, 1.165) is 12.0 Å². The van der Waals surface area contributed by atoms with E-state index in [2.05, 4.69) is 5.32 Å². The Morgan fingerprint density at radius 3 is 2.72 bits per heavy atom. The molecule has 25 heavy (non-hydrogen) atoms. The fourth-order valence-corrected chi connectivity index (χ4v) is 3.31. The van der Waals surface area contributed by atoms with Crippen LogP contribution in [0, 0.1) is 12.7 Å². The molecule has 0 saturated heterocycles. The summed E-state index contributed by atoms with van der Waals surface area (Å²) in [5.41, 5.74) is 3.13. The van der Waals surface area contributed by atoms with Gasteiger partial charge in [0.1, 0.15) is 5.82 Å². The highest BCUT2D eigenvalue weighted by Gasteiger charge is 2.30. The Hall–Kier alpha value is -2.69. The fraction of sp³-hybridized carbons (Fsp3) is 0.300. The summed E-state index contributed by atoms with van der Waals surface area (Å²) in [7, 11) is 0. The first-order valence-corrected chi connectivity index (χ1v) is 8.36. The molecule has 0 aliphatic carbocycles. The van der Waals surface area contributed by atoms with Gasteiger partial charge in [0.15, 0.2) is 0 Å². The average molecular weight is 340 g/mol. The van der Waals surface area contributed by atoms with Crippen molar-refractivity contribution in [3.63, 3.8) is 0 Å². The van der Waals surface area contributed by atoms with Crippen molar-refractivity contribution in [1.82, 2.24) is 4.90 Å². The van der Waals surface area contributed by atoms with E-state index in [1.807, 2.05) is 24.3 Å². The Balaban J connectivity index is 1.80. The minimum absolute atomic E-state index is 0.0475. The van der Waals surface area contributed by atoms with Crippen LogP contribution in [-0.2, 0) is 16.0 Å². The topological polar surface area (TPSA) is 49.4 Å². The summed E-state index contributed by atoms with van der Waals surface area (Å²) in [6.07, 6.45) is 0.934. The van der Waals surface area contributed by atoms with Gasteiger partial charge in [-0.15, -0.1) is 0 Å². The summed E-state index contributed by atoms with van der Waals surface area (Å²) in [5.74, 6) is -0.643. The molecule has 5 heteroatoms. The maximum Gasteiger partial charge on any atom is 0.226 e. The predicted molar refractivity (Wildman–Crippen MR) is 94.7 cm³/mol. The molecule has 1 N–H and O–H groups in total. The minimum Gasteiger partial charge on any atom is -0.335 e. The van der Waals surface area contributed by atoms with Gasteiger partial charge in [-0.25, -0.2) is 4.39 Å². The molecule has 3 rings (SSSR count). The van der Waals surface area contributed by atoms with Crippen molar-refractivity contribution in [3.8, 4) is 0 Å². The van der Waals surface area contributed by atoms with Gasteiger partial charge in [-0.1, -0.05) is 30.3 Å². The van der Waals surface area contributed by atoms with Gasteiger partial charge >= 0.3 is 0 Å². The largest absolute Gasteiger partial charge is 0.335 e. The highest BCUT2D eigenvalue weighted by atomic mass is 19.1. The summed E-state index contributed by atoms with van der Waals surface area (Å²) in [5, 5.41) is 2.73. The lowest BCUT2D eigenvalue weighted by molar-refractivity contribution is -0.132. The highest BCUT2D eigenvalue weighted by Crippen LogP contribution is 2.32. The molecular weight excluding hydrogens is 319 g/mol. The van der Waals surface area contributed by atoms with Gasteiger partial charge in [0, 0.05) is 19.2 Å². The van der Waals surface area contributed by atoms with Crippen LogP contribution in [0.5, 0.6) is 0 Å². The predicted octanol–water partition coefficient (Wildman–Crippen LogP) is 3.61. The zero-order chi connectivity index (χ0) is 18.0. The summed E-state index contributed by atoms with van der Waals surface area (Å²) in [6, 6.07) is 12.2. The normalized spacial score (nSPS) is 16.3. The number of carbonyl (C=O) groups is 2. The molecule has 1 atom stereocenters. The van der Waals surface area contributed by atoms with Gasteiger partial charge < -0.3 is 10.2 Å². The van der Waals surface area contributed by atoms with Gasteiger partial charge in [-0.2, -0.15) is 0 Å². The van der Waals surface area contributed by atoms with Gasteiger partial charge in [-0.05, 0) is 42.2 Å². The van der Waals surface area contributed by atoms with E-state index in [1.54, 1.807) is 24.0 Å². The van der Waals surface area contributed by atoms with E-state index in [-0.39, 0.29) is 30.1 Å². The SMILES string of the molecule is CC(=O)N1CCc2ccccc2C1CC(=O)Nc1ccc(C)c(F)c1. The molecule has 0 aromatic heterocycles. The Bertz CT molecular complexity index is 819. The maximum absolute atomic E-state index is 13.6. The number of rotatable bonds is 3. The molecule has 0 saturated carbocycles. The number of halogens is 1. The first-order chi connectivity index (χ1) is 12.0. The Morgan fingerprint density at radius 2 is 2.00 bits per heavy atom. The number of carbonyl (C=O) groups excluding carboxylic acids is 2. The number of fused-ring (bicyclic) bond motifs is 1. The quantitative estimate of drug-likeness (QED) is 0.928. The molecular formula is C20H21FN2O2. The minimum atomic E-state index is -0.355. The molecule has 2 aromatic carbocycles. The maximum atomic E-state index is 13.6. The third kappa shape index (κ3) is 3.71. The molecule has 4 nitrogen and oxygen atoms in total. The van der Waals surface area contributed by atoms with Crippen LogP contribution in [-0.4, -0.2) is 23.3 Å². The molecule has 1 heterocycles. The lowest BCUT2D eigenvalue weighted by Crippen LogP contribution is -2.40. The highest BCUT2D eigenvalue weighted by molar-refractivity contribution is 5.91. The van der Waals surface area contributed by atoms with Crippen LogP contribution in [0.15, 0.2) is 42.5 Å². The molecule has 1 unspecified atom stereocenters. The number of benzene rings is 2. The summed E-state index contributed by atoms with van der Waals surface area (Å²) in [4.78, 5) is 26.2. The molecule has 0 bridgehead atoms. The van der Waals surface area contributed by atoms with Gasteiger partial charge in [0.2, 0.25) is 11.8 Å². The van der Waals surface area contributed by atoms with Crippen molar-refractivity contribution < 1.29 is 14.0 Å². The van der Waals surface area contributed by atoms with E-state index >= 15 is 0 Å². The fourth-order valence-electron chi connectivity index (χ4n) is 3.31. The molecule has 130 valence electrons. The molecule has 0 radical (unpaired) electrons. The van der Waals surface area contributed by atoms with Crippen LogP contribution in [0.3, 0.4) is 0 Å². The van der Waals surface area contributed by atoms with E-state index in [9.17, 15) is 14.0 Å². The van der Waals surface area contributed by atoms with Crippen LogP contribution in [0.2, 0.25) is 0 Å². The summed E-state index contributed by atoms with van der Waals surface area (Å²) >= 11 is 0. The first-order valence-electron chi connectivity index (χ1n) is 8.36. The molecule has 1 aliphatic heterocycles. The first kappa shape index (κ1) is 17.1. The van der Waals surface area contributed by atoms with Gasteiger partial charge in [0.05, 0.1) is 12.5 Å². The summed E-state index contributed by atoms with van der Waals surface area (Å²) < 4.78 is 13.6. The number of amides is 2. The van der Waals surface area contributed by atoms with Crippen LogP contribution in [0.4, 0.5) is 10.1 Å². The van der Waals surface area contributed by atoms with Crippen molar-refractivity contribution in [3.05, 3.63) is 65.0 Å². The number of aryl methyl sites for hydroxylation is 1. The zero-order valence-electron chi connectivity index (χ0n) is 14.4. The monoisotopic (exact) mass is 340 g/mol. The zero-order valence-corrected chi connectivity index (χ0v) is 14.4. The number of nitrogens with one attached hydrogen (secondary N) is 1. The van der Waals surface area contributed by atoms with E-state index in [4.69, 9.17) is 0 Å². The summed E-state index contributed by atoms with van der Waals surface area (Å²) in [6.45, 7) is 3.79. The lowest BCUT2D eigenvalue weighted by atomic mass is 9.90. The molecule has 2 amide bonds. The molecule has 2 aromatic rings. The third-order valence-corrected chi connectivity index (χ3v) is 4.65. The smallest absolute Gasteiger partial charge is 0.226 e. The van der Waals surface area contributed by atoms with Gasteiger partial charge in [-0.3, -0.25) is 9.59 Å². The van der Waals surface area contributed by atoms with Crippen molar-refractivity contribution in [2.75, 3.05) is 11.9 Å². The average Bonchev–Trinajstić information content (AvgIpc) is 2.58. The van der Waals surface area contributed by atoms with E-state index in [0.29, 0.717) is 17.8 Å². The third-order valence-electron chi connectivity index (χ3n) is 4.65. The van der Waals surface area contributed by atoms with Crippen molar-refractivity contribution in [2.24, 2.45) is 0 Å². The van der Waals surface area contributed by atoms with Crippen LogP contribution >= 0.6 is 0 Å².